The molecule has 1 rings (SSSR count). The van der Waals surface area contributed by atoms with Gasteiger partial charge < -0.3 is 25.2 Å². The number of aryl methyl sites for hydroxylation is 1. The van der Waals surface area contributed by atoms with E-state index in [1.807, 2.05) is 34.6 Å². The molecule has 1 amide bonds. The van der Waals surface area contributed by atoms with E-state index in [1.165, 1.54) is 0 Å². The highest BCUT2D eigenvalue weighted by atomic mass is 16.6. The molecule has 0 aliphatic rings. The van der Waals surface area contributed by atoms with Crippen molar-refractivity contribution in [3.05, 3.63) is 11.7 Å². The van der Waals surface area contributed by atoms with Crippen molar-refractivity contribution >= 4 is 12.1 Å². The molecule has 3 N–H and O–H groups in total. The molecule has 0 aliphatic carbocycles. The van der Waals surface area contributed by atoms with Crippen LogP contribution in [0.15, 0.2) is 9.52 Å². The number of hydrogen-bond donors (Lipinski definition) is 3. The van der Waals surface area contributed by atoms with Crippen LogP contribution in [0.2, 0.25) is 0 Å². The molecular formula is C17H32N6O3. The van der Waals surface area contributed by atoms with Gasteiger partial charge in [0.25, 0.3) is 0 Å². The molecule has 0 radical (unpaired) electrons. The zero-order chi connectivity index (χ0) is 19.8. The van der Waals surface area contributed by atoms with E-state index in [0.717, 1.165) is 12.8 Å². The standard InChI is InChI=1S/C17H32N6O3/c1-8-17(9-2,22-15(24)25-16(4,5)6)11-20-14(18-7)19-10-13-21-12(3)26-23-13/h8-11H2,1-7H3,(H,22,24)(H2,18,19,20). The second-order valence-electron chi connectivity index (χ2n) is 7.12. The van der Waals surface area contributed by atoms with E-state index in [-0.39, 0.29) is 0 Å². The van der Waals surface area contributed by atoms with Gasteiger partial charge in [0.1, 0.15) is 5.60 Å². The first kappa shape index (κ1) is 21.7. The number of ether oxygens (including phenoxy) is 1. The second kappa shape index (κ2) is 9.40. The molecule has 0 atom stereocenters. The Bertz CT molecular complexity index is 602. The fraction of sp³-hybridized carbons (Fsp3) is 0.765. The Balaban J connectivity index is 2.62. The Labute approximate surface area is 155 Å². The van der Waals surface area contributed by atoms with Crippen molar-refractivity contribution in [2.45, 2.75) is 72.1 Å². The number of nitrogens with zero attached hydrogens (tertiary/aromatic N) is 3. The molecule has 0 spiro atoms. The number of alkyl carbamates (subject to hydrolysis) is 1. The van der Waals surface area contributed by atoms with E-state index < -0.39 is 17.2 Å². The predicted octanol–water partition coefficient (Wildman–Crippen LogP) is 2.13. The molecule has 0 saturated heterocycles. The molecule has 0 saturated carbocycles. The van der Waals surface area contributed by atoms with Gasteiger partial charge in [-0.3, -0.25) is 4.99 Å². The fourth-order valence-corrected chi connectivity index (χ4v) is 2.29. The average Bonchev–Trinajstić information content (AvgIpc) is 2.97. The number of aliphatic imine (C=N–C) groups is 1. The normalized spacial score (nSPS) is 12.7. The van der Waals surface area contributed by atoms with E-state index in [9.17, 15) is 4.79 Å². The van der Waals surface area contributed by atoms with E-state index in [1.54, 1.807) is 14.0 Å². The maximum absolute atomic E-state index is 12.2. The van der Waals surface area contributed by atoms with Crippen LogP contribution in [0.3, 0.4) is 0 Å². The zero-order valence-corrected chi connectivity index (χ0v) is 16.9. The molecular weight excluding hydrogens is 336 g/mol. The van der Waals surface area contributed by atoms with Crippen LogP contribution in [0.1, 0.15) is 59.2 Å². The molecule has 0 bridgehead atoms. The van der Waals surface area contributed by atoms with Crippen LogP contribution >= 0.6 is 0 Å². The minimum Gasteiger partial charge on any atom is -0.444 e. The van der Waals surface area contributed by atoms with Crippen LogP contribution in [-0.2, 0) is 11.3 Å². The number of carbonyl (C=O) groups excluding carboxylic acids is 1. The smallest absolute Gasteiger partial charge is 0.408 e. The summed E-state index contributed by atoms with van der Waals surface area (Å²) in [6.07, 6.45) is 1.07. The number of hydrogen-bond acceptors (Lipinski definition) is 6. The number of nitrogens with one attached hydrogen (secondary N) is 3. The Morgan fingerprint density at radius 1 is 1.23 bits per heavy atom. The SMILES string of the molecule is CCC(CC)(CNC(=NC)NCc1noc(C)n1)NC(=O)OC(C)(C)C. The van der Waals surface area contributed by atoms with Gasteiger partial charge in [-0.05, 0) is 33.6 Å². The fourth-order valence-electron chi connectivity index (χ4n) is 2.29. The first-order valence-corrected chi connectivity index (χ1v) is 8.88. The summed E-state index contributed by atoms with van der Waals surface area (Å²) in [4.78, 5) is 20.5. The van der Waals surface area contributed by atoms with E-state index >= 15 is 0 Å². The summed E-state index contributed by atoms with van der Waals surface area (Å²) in [6.45, 7) is 12.2. The Kier molecular flexibility index (Phi) is 7.85. The van der Waals surface area contributed by atoms with Gasteiger partial charge in [0, 0.05) is 20.5 Å². The lowest BCUT2D eigenvalue weighted by Gasteiger charge is -2.34. The van der Waals surface area contributed by atoms with Crippen molar-refractivity contribution in [3.8, 4) is 0 Å². The lowest BCUT2D eigenvalue weighted by Crippen LogP contribution is -2.57. The molecule has 0 aromatic carbocycles. The topological polar surface area (TPSA) is 114 Å². The van der Waals surface area contributed by atoms with Crippen molar-refractivity contribution in [3.63, 3.8) is 0 Å². The van der Waals surface area contributed by atoms with Gasteiger partial charge >= 0.3 is 6.09 Å². The molecule has 0 aliphatic heterocycles. The van der Waals surface area contributed by atoms with E-state index in [2.05, 4.69) is 31.1 Å². The van der Waals surface area contributed by atoms with Gasteiger partial charge in [-0.2, -0.15) is 4.98 Å². The highest BCUT2D eigenvalue weighted by molar-refractivity contribution is 5.79. The molecule has 9 nitrogen and oxygen atoms in total. The van der Waals surface area contributed by atoms with Crippen LogP contribution in [0.4, 0.5) is 4.79 Å². The van der Waals surface area contributed by atoms with Gasteiger partial charge in [0.15, 0.2) is 11.8 Å². The van der Waals surface area contributed by atoms with E-state index in [4.69, 9.17) is 9.26 Å². The van der Waals surface area contributed by atoms with Gasteiger partial charge in [-0.25, -0.2) is 4.79 Å². The highest BCUT2D eigenvalue weighted by Gasteiger charge is 2.30. The Morgan fingerprint density at radius 3 is 2.35 bits per heavy atom. The number of carbonyl (C=O) groups is 1. The highest BCUT2D eigenvalue weighted by Crippen LogP contribution is 2.16. The molecule has 1 aromatic heterocycles. The third kappa shape index (κ3) is 7.28. The average molecular weight is 368 g/mol. The molecule has 1 aromatic rings. The van der Waals surface area contributed by atoms with Gasteiger partial charge in [-0.1, -0.05) is 19.0 Å². The monoisotopic (exact) mass is 368 g/mol. The first-order chi connectivity index (χ1) is 12.1. The van der Waals surface area contributed by atoms with Crippen LogP contribution in [-0.4, -0.2) is 46.9 Å². The molecule has 148 valence electrons. The molecule has 9 heteroatoms. The van der Waals surface area contributed by atoms with Gasteiger partial charge in [0.2, 0.25) is 5.89 Å². The maximum Gasteiger partial charge on any atom is 0.408 e. The van der Waals surface area contributed by atoms with Crippen LogP contribution in [0, 0.1) is 6.92 Å². The molecule has 0 fully saturated rings. The van der Waals surface area contributed by atoms with Crippen LogP contribution in [0.5, 0.6) is 0 Å². The molecule has 1 heterocycles. The largest absolute Gasteiger partial charge is 0.444 e. The van der Waals surface area contributed by atoms with Crippen molar-refractivity contribution in [1.82, 2.24) is 26.1 Å². The summed E-state index contributed by atoms with van der Waals surface area (Å²) in [7, 11) is 1.68. The van der Waals surface area contributed by atoms with Crippen LogP contribution in [0.25, 0.3) is 0 Å². The summed E-state index contributed by atoms with van der Waals surface area (Å²) in [5.41, 5.74) is -0.978. The van der Waals surface area contributed by atoms with Crippen molar-refractivity contribution < 1.29 is 14.1 Å². The van der Waals surface area contributed by atoms with Crippen LogP contribution < -0.4 is 16.0 Å². The minimum absolute atomic E-state index is 0.391. The zero-order valence-electron chi connectivity index (χ0n) is 16.9. The lowest BCUT2D eigenvalue weighted by molar-refractivity contribution is 0.0448. The summed E-state index contributed by atoms with van der Waals surface area (Å²) in [5, 5.41) is 13.2. The predicted molar refractivity (Wildman–Crippen MR) is 99.9 cm³/mol. The number of rotatable bonds is 7. The number of aromatic nitrogens is 2. The summed E-state index contributed by atoms with van der Waals surface area (Å²) < 4.78 is 10.3. The first-order valence-electron chi connectivity index (χ1n) is 8.88. The summed E-state index contributed by atoms with van der Waals surface area (Å²) >= 11 is 0. The third-order valence-electron chi connectivity index (χ3n) is 3.92. The lowest BCUT2D eigenvalue weighted by atomic mass is 9.93. The maximum atomic E-state index is 12.2. The van der Waals surface area contributed by atoms with E-state index in [0.29, 0.717) is 30.8 Å². The van der Waals surface area contributed by atoms with Crippen molar-refractivity contribution in [2.75, 3.05) is 13.6 Å². The second-order valence-corrected chi connectivity index (χ2v) is 7.12. The minimum atomic E-state index is -0.537. The quantitative estimate of drug-likeness (QED) is 0.499. The summed E-state index contributed by atoms with van der Waals surface area (Å²) in [6, 6.07) is 0. The van der Waals surface area contributed by atoms with Gasteiger partial charge in [0.05, 0.1) is 12.1 Å². The number of guanidine groups is 1. The van der Waals surface area contributed by atoms with Gasteiger partial charge in [-0.15, -0.1) is 0 Å². The molecule has 26 heavy (non-hydrogen) atoms. The Hall–Kier alpha value is -2.32. The van der Waals surface area contributed by atoms with Crippen molar-refractivity contribution in [2.24, 2.45) is 4.99 Å². The summed E-state index contributed by atoms with van der Waals surface area (Å²) in [5.74, 6) is 1.65. The van der Waals surface area contributed by atoms with Crippen molar-refractivity contribution in [1.29, 1.82) is 0 Å². The molecule has 0 unspecified atom stereocenters. The third-order valence-corrected chi connectivity index (χ3v) is 3.92. The Morgan fingerprint density at radius 2 is 1.88 bits per heavy atom. The number of amides is 1.